The molecular formula is C18H31N3. The maximum atomic E-state index is 4.42. The Labute approximate surface area is 130 Å². The first kappa shape index (κ1) is 16.4. The Morgan fingerprint density at radius 3 is 2.76 bits per heavy atom. The van der Waals surface area contributed by atoms with Crippen LogP contribution >= 0.6 is 0 Å². The van der Waals surface area contributed by atoms with Crippen molar-refractivity contribution in [2.75, 3.05) is 33.2 Å². The van der Waals surface area contributed by atoms with Gasteiger partial charge in [0, 0.05) is 37.9 Å². The fourth-order valence-electron chi connectivity index (χ4n) is 3.55. The molecule has 0 atom stereocenters. The number of aromatic nitrogens is 1. The largest absolute Gasteiger partial charge is 0.316 e. The second-order valence-corrected chi connectivity index (χ2v) is 6.69. The first-order valence-electron chi connectivity index (χ1n) is 8.53. The van der Waals surface area contributed by atoms with Gasteiger partial charge in [-0.2, -0.15) is 0 Å². The maximum absolute atomic E-state index is 4.42. The third-order valence-electron chi connectivity index (χ3n) is 4.67. The fourth-order valence-corrected chi connectivity index (χ4v) is 3.55. The minimum Gasteiger partial charge on any atom is -0.316 e. The second-order valence-electron chi connectivity index (χ2n) is 6.69. The number of likely N-dealkylation sites (N-methyl/N-ethyl adjacent to an activating group) is 1. The molecule has 2 rings (SSSR count). The van der Waals surface area contributed by atoms with E-state index in [1.807, 2.05) is 12.3 Å². The van der Waals surface area contributed by atoms with Crippen LogP contribution < -0.4 is 5.32 Å². The summed E-state index contributed by atoms with van der Waals surface area (Å²) in [7, 11) is 2.27. The predicted octanol–water partition coefficient (Wildman–Crippen LogP) is 3.12. The van der Waals surface area contributed by atoms with Gasteiger partial charge in [0.1, 0.15) is 0 Å². The van der Waals surface area contributed by atoms with E-state index in [-0.39, 0.29) is 0 Å². The summed E-state index contributed by atoms with van der Waals surface area (Å²) in [5.41, 5.74) is 1.71. The number of nitrogens with one attached hydrogen (secondary N) is 1. The van der Waals surface area contributed by atoms with Crippen LogP contribution in [0.4, 0.5) is 0 Å². The SMILES string of the molecule is CCCNCC1(CN(C)CCc2ccccn2)CCCC1. The van der Waals surface area contributed by atoms with Crippen molar-refractivity contribution in [2.24, 2.45) is 5.41 Å². The van der Waals surface area contributed by atoms with E-state index in [1.165, 1.54) is 50.9 Å². The highest BCUT2D eigenvalue weighted by molar-refractivity contribution is 5.03. The molecule has 0 saturated heterocycles. The third kappa shape index (κ3) is 5.40. The van der Waals surface area contributed by atoms with Crippen LogP contribution in [-0.2, 0) is 6.42 Å². The summed E-state index contributed by atoms with van der Waals surface area (Å²) in [6, 6.07) is 6.19. The highest BCUT2D eigenvalue weighted by Crippen LogP contribution is 2.38. The molecule has 1 fully saturated rings. The molecule has 1 aromatic heterocycles. The van der Waals surface area contributed by atoms with E-state index in [9.17, 15) is 0 Å². The number of nitrogens with zero attached hydrogens (tertiary/aromatic N) is 2. The lowest BCUT2D eigenvalue weighted by Gasteiger charge is -2.34. The molecule has 0 radical (unpaired) electrons. The molecule has 1 saturated carbocycles. The smallest absolute Gasteiger partial charge is 0.0416 e. The topological polar surface area (TPSA) is 28.2 Å². The van der Waals surface area contributed by atoms with Crippen LogP contribution in [0.2, 0.25) is 0 Å². The highest BCUT2D eigenvalue weighted by atomic mass is 15.1. The van der Waals surface area contributed by atoms with Crippen molar-refractivity contribution in [3.8, 4) is 0 Å². The van der Waals surface area contributed by atoms with E-state index in [0.29, 0.717) is 5.41 Å². The molecule has 118 valence electrons. The second kappa shape index (κ2) is 8.50. The van der Waals surface area contributed by atoms with Crippen molar-refractivity contribution in [2.45, 2.75) is 45.4 Å². The van der Waals surface area contributed by atoms with E-state index in [1.54, 1.807) is 0 Å². The number of hydrogen-bond donors (Lipinski definition) is 1. The Morgan fingerprint density at radius 2 is 2.10 bits per heavy atom. The molecule has 1 heterocycles. The standard InChI is InChI=1S/C18H31N3/c1-3-12-19-15-18(10-5-6-11-18)16-21(2)14-9-17-8-4-7-13-20-17/h4,7-8,13,19H,3,5-6,9-12,14-16H2,1-2H3. The van der Waals surface area contributed by atoms with Crippen LogP contribution in [-0.4, -0.2) is 43.1 Å². The van der Waals surface area contributed by atoms with Gasteiger partial charge in [-0.25, -0.2) is 0 Å². The molecule has 3 nitrogen and oxygen atoms in total. The lowest BCUT2D eigenvalue weighted by Crippen LogP contribution is -2.42. The van der Waals surface area contributed by atoms with Gasteiger partial charge in [-0.3, -0.25) is 4.98 Å². The van der Waals surface area contributed by atoms with Gasteiger partial charge in [0.2, 0.25) is 0 Å². The molecule has 0 aliphatic heterocycles. The molecular weight excluding hydrogens is 258 g/mol. The van der Waals surface area contributed by atoms with E-state index in [2.05, 4.69) is 41.3 Å². The van der Waals surface area contributed by atoms with Crippen molar-refractivity contribution in [1.29, 1.82) is 0 Å². The molecule has 0 aromatic carbocycles. The Morgan fingerprint density at radius 1 is 1.29 bits per heavy atom. The monoisotopic (exact) mass is 289 g/mol. The Kier molecular flexibility index (Phi) is 6.65. The molecule has 1 aliphatic rings. The number of pyridine rings is 1. The van der Waals surface area contributed by atoms with Crippen LogP contribution in [0.25, 0.3) is 0 Å². The fraction of sp³-hybridized carbons (Fsp3) is 0.722. The van der Waals surface area contributed by atoms with E-state index >= 15 is 0 Å². The molecule has 1 aromatic rings. The first-order valence-corrected chi connectivity index (χ1v) is 8.53. The zero-order valence-corrected chi connectivity index (χ0v) is 13.8. The molecule has 1 N–H and O–H groups in total. The van der Waals surface area contributed by atoms with Crippen LogP contribution in [0.1, 0.15) is 44.7 Å². The number of rotatable bonds is 9. The van der Waals surface area contributed by atoms with Gasteiger partial charge in [0.15, 0.2) is 0 Å². The number of hydrogen-bond acceptors (Lipinski definition) is 3. The van der Waals surface area contributed by atoms with Crippen LogP contribution in [0.3, 0.4) is 0 Å². The Balaban J connectivity index is 1.79. The average Bonchev–Trinajstić information content (AvgIpc) is 2.95. The van der Waals surface area contributed by atoms with Crippen LogP contribution in [0, 0.1) is 5.41 Å². The maximum Gasteiger partial charge on any atom is 0.0416 e. The van der Waals surface area contributed by atoms with E-state index < -0.39 is 0 Å². The quantitative estimate of drug-likeness (QED) is 0.708. The van der Waals surface area contributed by atoms with Crippen LogP contribution in [0.15, 0.2) is 24.4 Å². The molecule has 0 bridgehead atoms. The van der Waals surface area contributed by atoms with Crippen molar-refractivity contribution in [1.82, 2.24) is 15.2 Å². The average molecular weight is 289 g/mol. The normalized spacial score (nSPS) is 17.5. The van der Waals surface area contributed by atoms with Gasteiger partial charge >= 0.3 is 0 Å². The van der Waals surface area contributed by atoms with Gasteiger partial charge in [0.05, 0.1) is 0 Å². The van der Waals surface area contributed by atoms with Gasteiger partial charge in [-0.05, 0) is 50.4 Å². The van der Waals surface area contributed by atoms with E-state index in [4.69, 9.17) is 0 Å². The van der Waals surface area contributed by atoms with Crippen molar-refractivity contribution < 1.29 is 0 Å². The minimum atomic E-state index is 0.508. The highest BCUT2D eigenvalue weighted by Gasteiger charge is 2.34. The molecule has 0 unspecified atom stereocenters. The Hall–Kier alpha value is -0.930. The van der Waals surface area contributed by atoms with Gasteiger partial charge in [-0.15, -0.1) is 0 Å². The zero-order valence-electron chi connectivity index (χ0n) is 13.8. The third-order valence-corrected chi connectivity index (χ3v) is 4.67. The summed E-state index contributed by atoms with van der Waals surface area (Å²) in [6.07, 6.45) is 9.75. The summed E-state index contributed by atoms with van der Waals surface area (Å²) in [4.78, 5) is 6.93. The summed E-state index contributed by atoms with van der Waals surface area (Å²) in [5, 5.41) is 3.66. The molecule has 0 amide bonds. The van der Waals surface area contributed by atoms with Crippen molar-refractivity contribution >= 4 is 0 Å². The molecule has 1 aliphatic carbocycles. The Bertz CT molecular complexity index is 385. The summed E-state index contributed by atoms with van der Waals surface area (Å²) < 4.78 is 0. The van der Waals surface area contributed by atoms with Crippen molar-refractivity contribution in [3.05, 3.63) is 30.1 Å². The minimum absolute atomic E-state index is 0.508. The van der Waals surface area contributed by atoms with Gasteiger partial charge < -0.3 is 10.2 Å². The molecule has 0 spiro atoms. The zero-order chi connectivity index (χ0) is 15.0. The predicted molar refractivity (Wildman–Crippen MR) is 89.5 cm³/mol. The summed E-state index contributed by atoms with van der Waals surface area (Å²) in [6.45, 7) is 6.91. The van der Waals surface area contributed by atoms with Gasteiger partial charge in [-0.1, -0.05) is 25.8 Å². The molecule has 21 heavy (non-hydrogen) atoms. The van der Waals surface area contributed by atoms with Crippen molar-refractivity contribution in [3.63, 3.8) is 0 Å². The lowest BCUT2D eigenvalue weighted by molar-refractivity contribution is 0.173. The molecule has 3 heteroatoms. The first-order chi connectivity index (χ1) is 10.2. The van der Waals surface area contributed by atoms with Gasteiger partial charge in [0.25, 0.3) is 0 Å². The summed E-state index contributed by atoms with van der Waals surface area (Å²) in [5.74, 6) is 0. The summed E-state index contributed by atoms with van der Waals surface area (Å²) >= 11 is 0. The lowest BCUT2D eigenvalue weighted by atomic mass is 9.85. The van der Waals surface area contributed by atoms with E-state index in [0.717, 1.165) is 19.5 Å². The van der Waals surface area contributed by atoms with Crippen LogP contribution in [0.5, 0.6) is 0 Å².